The Labute approximate surface area is 298 Å². The van der Waals surface area contributed by atoms with Crippen molar-refractivity contribution >= 4 is 0 Å². The fourth-order valence-corrected chi connectivity index (χ4v) is 6.21. The van der Waals surface area contributed by atoms with Crippen LogP contribution in [0.2, 0.25) is 0 Å². The normalized spacial score (nSPS) is 29.5. The molecule has 5 N–H and O–H groups in total. The number of hydrogen-bond acceptors (Lipinski definition) is 11. The van der Waals surface area contributed by atoms with Gasteiger partial charge in [-0.15, -0.1) is 0 Å². The van der Waals surface area contributed by atoms with Crippen LogP contribution in [0.4, 0.5) is 0 Å². The highest BCUT2D eigenvalue weighted by Gasteiger charge is 2.52. The van der Waals surface area contributed by atoms with Gasteiger partial charge in [0.05, 0.1) is 45.7 Å². The lowest BCUT2D eigenvalue weighted by molar-refractivity contribution is -0.359. The summed E-state index contributed by atoms with van der Waals surface area (Å²) in [6.45, 7) is 0.495. The van der Waals surface area contributed by atoms with Crippen LogP contribution in [0.25, 0.3) is 0 Å². The lowest BCUT2D eigenvalue weighted by Crippen LogP contribution is -2.67. The molecule has 0 saturated carbocycles. The van der Waals surface area contributed by atoms with Gasteiger partial charge >= 0.3 is 0 Å². The largest absolute Gasteiger partial charge is 0.394 e. The maximum absolute atomic E-state index is 10.8. The molecule has 2 saturated heterocycles. The standard InChI is InChI=1S/C40H47NO10/c41-33-35(44)34(43)31(21-42)49-39(33)51-36-32(26-45-22-27-13-5-1-6-14-27)50-40(48-25-30-19-11-4-12-20-30)38(47-24-29-17-9-3-10-18-29)37(36)46-23-28-15-7-2-8-16-28/h1-20,31-40,42-44H,21-26,41H2/t31-,32-,33-,34-,35-,36-,37+,38-,39+,40-/m1/s1. The smallest absolute Gasteiger partial charge is 0.187 e. The number of aliphatic hydroxyl groups excluding tert-OH is 3. The van der Waals surface area contributed by atoms with Crippen LogP contribution in [-0.2, 0) is 59.6 Å². The molecule has 6 rings (SSSR count). The van der Waals surface area contributed by atoms with Crippen LogP contribution in [0, 0.1) is 0 Å². The Balaban J connectivity index is 1.33. The first kappa shape index (κ1) is 37.2. The van der Waals surface area contributed by atoms with E-state index in [4.69, 9.17) is 38.9 Å². The quantitative estimate of drug-likeness (QED) is 0.136. The summed E-state index contributed by atoms with van der Waals surface area (Å²) in [5.74, 6) is 0. The Morgan fingerprint density at radius 1 is 0.510 bits per heavy atom. The van der Waals surface area contributed by atoms with Gasteiger partial charge in [-0.1, -0.05) is 121 Å². The van der Waals surface area contributed by atoms with Gasteiger partial charge in [-0.05, 0) is 22.3 Å². The topological polar surface area (TPSA) is 151 Å². The zero-order chi connectivity index (χ0) is 35.4. The van der Waals surface area contributed by atoms with Crippen LogP contribution in [-0.4, -0.2) is 89.9 Å². The first-order chi connectivity index (χ1) is 25.0. The summed E-state index contributed by atoms with van der Waals surface area (Å²) in [6.07, 6.45) is -9.49. The van der Waals surface area contributed by atoms with E-state index in [9.17, 15) is 15.3 Å². The number of aliphatic hydroxyl groups is 3. The predicted octanol–water partition coefficient (Wildman–Crippen LogP) is 3.47. The summed E-state index contributed by atoms with van der Waals surface area (Å²) < 4.78 is 45.3. The number of nitrogens with two attached hydrogens (primary N) is 1. The molecule has 11 heteroatoms. The van der Waals surface area contributed by atoms with Gasteiger partial charge in [-0.3, -0.25) is 0 Å². The van der Waals surface area contributed by atoms with Crippen molar-refractivity contribution in [2.24, 2.45) is 5.73 Å². The minimum absolute atomic E-state index is 0.0674. The predicted molar refractivity (Wildman–Crippen MR) is 187 cm³/mol. The minimum atomic E-state index is -1.42. The Morgan fingerprint density at radius 2 is 0.961 bits per heavy atom. The zero-order valence-electron chi connectivity index (χ0n) is 28.3. The van der Waals surface area contributed by atoms with Crippen LogP contribution in [0.15, 0.2) is 121 Å². The van der Waals surface area contributed by atoms with Gasteiger partial charge in [0.2, 0.25) is 0 Å². The average molecular weight is 702 g/mol. The number of benzene rings is 4. The van der Waals surface area contributed by atoms with Crippen molar-refractivity contribution in [3.8, 4) is 0 Å². The van der Waals surface area contributed by atoms with Crippen molar-refractivity contribution in [1.29, 1.82) is 0 Å². The Kier molecular flexibility index (Phi) is 13.7. The Bertz CT molecular complexity index is 1550. The highest BCUT2D eigenvalue weighted by atomic mass is 16.7. The van der Waals surface area contributed by atoms with Crippen molar-refractivity contribution < 1.29 is 48.5 Å². The van der Waals surface area contributed by atoms with Crippen molar-refractivity contribution in [3.05, 3.63) is 144 Å². The molecule has 10 atom stereocenters. The second-order valence-electron chi connectivity index (χ2n) is 12.7. The van der Waals surface area contributed by atoms with Crippen LogP contribution in [0.3, 0.4) is 0 Å². The van der Waals surface area contributed by atoms with E-state index in [1.807, 2.05) is 121 Å². The minimum Gasteiger partial charge on any atom is -0.394 e. The lowest BCUT2D eigenvalue weighted by atomic mass is 9.95. The SMILES string of the molecule is N[C@H]1[C@H](O[C@H]2[C@H](OCc3ccccc3)[C@@H](OCc3ccccc3)[C@H](OCc3ccccc3)O[C@@H]2COCc2ccccc2)O[C@H](CO)[C@@H](O)[C@@H]1O. The molecular weight excluding hydrogens is 654 g/mol. The van der Waals surface area contributed by atoms with Crippen LogP contribution >= 0.6 is 0 Å². The van der Waals surface area contributed by atoms with E-state index in [-0.39, 0.29) is 26.4 Å². The summed E-state index contributed by atoms with van der Waals surface area (Å²) in [6, 6.07) is 37.8. The highest BCUT2D eigenvalue weighted by Crippen LogP contribution is 2.34. The lowest BCUT2D eigenvalue weighted by Gasteiger charge is -2.48. The summed E-state index contributed by atoms with van der Waals surface area (Å²) >= 11 is 0. The molecular formula is C40H47NO10. The van der Waals surface area contributed by atoms with E-state index < -0.39 is 68.0 Å². The summed E-state index contributed by atoms with van der Waals surface area (Å²) in [4.78, 5) is 0. The molecule has 0 aromatic heterocycles. The van der Waals surface area contributed by atoms with Gasteiger partial charge < -0.3 is 54.2 Å². The zero-order valence-corrected chi connectivity index (χ0v) is 28.3. The molecule has 0 amide bonds. The highest BCUT2D eigenvalue weighted by molar-refractivity contribution is 5.16. The molecule has 0 spiro atoms. The van der Waals surface area contributed by atoms with Crippen LogP contribution < -0.4 is 5.73 Å². The monoisotopic (exact) mass is 701 g/mol. The third-order valence-electron chi connectivity index (χ3n) is 9.03. The van der Waals surface area contributed by atoms with Gasteiger partial charge in [0, 0.05) is 0 Å². The molecule has 4 aromatic rings. The first-order valence-corrected chi connectivity index (χ1v) is 17.3. The molecule has 2 fully saturated rings. The third-order valence-corrected chi connectivity index (χ3v) is 9.03. The summed E-state index contributed by atoms with van der Waals surface area (Å²) in [5, 5.41) is 31.2. The third kappa shape index (κ3) is 10.1. The molecule has 2 heterocycles. The van der Waals surface area contributed by atoms with E-state index in [0.29, 0.717) is 6.61 Å². The van der Waals surface area contributed by atoms with Gasteiger partial charge in [0.15, 0.2) is 12.6 Å². The first-order valence-electron chi connectivity index (χ1n) is 17.3. The second-order valence-corrected chi connectivity index (χ2v) is 12.7. The summed E-state index contributed by atoms with van der Waals surface area (Å²) in [7, 11) is 0. The van der Waals surface area contributed by atoms with E-state index in [0.717, 1.165) is 22.3 Å². The van der Waals surface area contributed by atoms with Crippen molar-refractivity contribution in [2.45, 2.75) is 87.8 Å². The molecule has 2 aliphatic heterocycles. The van der Waals surface area contributed by atoms with Crippen molar-refractivity contribution in [1.82, 2.24) is 0 Å². The maximum atomic E-state index is 10.8. The second kappa shape index (κ2) is 18.8. The van der Waals surface area contributed by atoms with Gasteiger partial charge in [0.25, 0.3) is 0 Å². The Hall–Kier alpha value is -3.56. The Morgan fingerprint density at radius 3 is 1.47 bits per heavy atom. The molecule has 272 valence electrons. The molecule has 0 bridgehead atoms. The van der Waals surface area contributed by atoms with Crippen molar-refractivity contribution in [3.63, 3.8) is 0 Å². The molecule has 11 nitrogen and oxygen atoms in total. The number of rotatable bonds is 16. The maximum Gasteiger partial charge on any atom is 0.187 e. The van der Waals surface area contributed by atoms with Crippen LogP contribution in [0.1, 0.15) is 22.3 Å². The number of hydrogen-bond donors (Lipinski definition) is 4. The molecule has 0 aliphatic carbocycles. The number of ether oxygens (including phenoxy) is 7. The van der Waals surface area contributed by atoms with E-state index >= 15 is 0 Å². The molecule has 4 aromatic carbocycles. The van der Waals surface area contributed by atoms with E-state index in [2.05, 4.69) is 0 Å². The average Bonchev–Trinajstić information content (AvgIpc) is 3.18. The molecule has 51 heavy (non-hydrogen) atoms. The fraction of sp³-hybridized carbons (Fsp3) is 0.400. The van der Waals surface area contributed by atoms with Gasteiger partial charge in [-0.2, -0.15) is 0 Å². The molecule has 0 radical (unpaired) electrons. The van der Waals surface area contributed by atoms with E-state index in [1.165, 1.54) is 0 Å². The fourth-order valence-electron chi connectivity index (χ4n) is 6.21. The van der Waals surface area contributed by atoms with Crippen molar-refractivity contribution in [2.75, 3.05) is 13.2 Å². The van der Waals surface area contributed by atoms with Gasteiger partial charge in [0.1, 0.15) is 42.7 Å². The van der Waals surface area contributed by atoms with Gasteiger partial charge in [-0.25, -0.2) is 0 Å². The van der Waals surface area contributed by atoms with Crippen LogP contribution in [0.5, 0.6) is 0 Å². The van der Waals surface area contributed by atoms with E-state index in [1.54, 1.807) is 0 Å². The molecule has 0 unspecified atom stereocenters. The summed E-state index contributed by atoms with van der Waals surface area (Å²) in [5.41, 5.74) is 10.2. The molecule has 2 aliphatic rings.